The molecule has 1 aromatic rings. The Bertz CT molecular complexity index is 491. The Balaban J connectivity index is 1.71. The molecule has 0 spiro atoms. The van der Waals surface area contributed by atoms with Crippen LogP contribution in [-0.4, -0.2) is 34.1 Å². The molecule has 0 heterocycles. The Morgan fingerprint density at radius 2 is 2.00 bits per heavy atom. The third-order valence-electron chi connectivity index (χ3n) is 3.21. The van der Waals surface area contributed by atoms with E-state index in [0.29, 0.717) is 5.75 Å². The summed E-state index contributed by atoms with van der Waals surface area (Å²) < 4.78 is 0. The Morgan fingerprint density at radius 3 is 2.62 bits per heavy atom. The molecule has 21 heavy (non-hydrogen) atoms. The summed E-state index contributed by atoms with van der Waals surface area (Å²) in [5.41, 5.74) is 0.823. The number of thioether (sulfide) groups is 1. The second-order valence-corrected chi connectivity index (χ2v) is 6.51. The summed E-state index contributed by atoms with van der Waals surface area (Å²) in [7, 11) is 0. The molecule has 2 rings (SSSR count). The van der Waals surface area contributed by atoms with Crippen LogP contribution < -0.4 is 10.6 Å². The maximum atomic E-state index is 11.8. The Morgan fingerprint density at radius 1 is 1.33 bits per heavy atom. The Labute approximate surface area is 128 Å². The fourth-order valence-corrected chi connectivity index (χ4v) is 2.62. The van der Waals surface area contributed by atoms with Crippen molar-refractivity contribution in [3.8, 4) is 0 Å². The lowest BCUT2D eigenvalue weighted by atomic mass is 10.1. The number of hydrogen-bond donors (Lipinski definition) is 3. The summed E-state index contributed by atoms with van der Waals surface area (Å²) in [5, 5.41) is 14.7. The molecule has 0 bridgehead atoms. The van der Waals surface area contributed by atoms with Crippen LogP contribution in [0.2, 0.25) is 0 Å². The van der Waals surface area contributed by atoms with E-state index in [9.17, 15) is 14.7 Å². The predicted molar refractivity (Wildman–Crippen MR) is 83.0 cm³/mol. The second-order valence-electron chi connectivity index (χ2n) is 5.14. The van der Waals surface area contributed by atoms with E-state index in [1.54, 1.807) is 6.92 Å². The van der Waals surface area contributed by atoms with Crippen LogP contribution in [-0.2, 0) is 4.79 Å². The van der Waals surface area contributed by atoms with Gasteiger partial charge in [-0.25, -0.2) is 4.79 Å². The third kappa shape index (κ3) is 5.40. The van der Waals surface area contributed by atoms with Crippen LogP contribution in [0.15, 0.2) is 30.3 Å². The van der Waals surface area contributed by atoms with Crippen molar-refractivity contribution >= 4 is 23.7 Å². The molecule has 1 aromatic carbocycles. The van der Waals surface area contributed by atoms with E-state index in [4.69, 9.17) is 0 Å². The lowest BCUT2D eigenvalue weighted by Gasteiger charge is -2.15. The zero-order valence-electron chi connectivity index (χ0n) is 11.9. The zero-order valence-corrected chi connectivity index (χ0v) is 12.7. The SMILES string of the molecule is C[C@@H](SC[C@@H](O)c1ccccc1)C(=O)NC(=O)NC1CC1. The quantitative estimate of drug-likeness (QED) is 0.749. The van der Waals surface area contributed by atoms with Gasteiger partial charge in [0, 0.05) is 11.8 Å². The molecule has 0 radical (unpaired) electrons. The largest absolute Gasteiger partial charge is 0.388 e. The van der Waals surface area contributed by atoms with Gasteiger partial charge in [-0.05, 0) is 25.3 Å². The summed E-state index contributed by atoms with van der Waals surface area (Å²) >= 11 is 1.32. The molecule has 1 aliphatic rings. The summed E-state index contributed by atoms with van der Waals surface area (Å²) in [5.74, 6) is 0.0708. The third-order valence-corrected chi connectivity index (χ3v) is 4.43. The number of nitrogens with one attached hydrogen (secondary N) is 2. The van der Waals surface area contributed by atoms with Gasteiger partial charge in [0.2, 0.25) is 5.91 Å². The minimum Gasteiger partial charge on any atom is -0.388 e. The van der Waals surface area contributed by atoms with Crippen molar-refractivity contribution < 1.29 is 14.7 Å². The molecule has 0 aromatic heterocycles. The van der Waals surface area contributed by atoms with Gasteiger partial charge in [-0.15, -0.1) is 11.8 Å². The molecule has 3 amide bonds. The highest BCUT2D eigenvalue weighted by Crippen LogP contribution is 2.21. The van der Waals surface area contributed by atoms with Crippen molar-refractivity contribution in [1.29, 1.82) is 0 Å². The van der Waals surface area contributed by atoms with Crippen LogP contribution in [0.25, 0.3) is 0 Å². The number of urea groups is 1. The highest BCUT2D eigenvalue weighted by Gasteiger charge is 2.25. The molecule has 1 saturated carbocycles. The average molecular weight is 308 g/mol. The van der Waals surface area contributed by atoms with Crippen LogP contribution in [0.1, 0.15) is 31.4 Å². The molecule has 3 N–H and O–H groups in total. The van der Waals surface area contributed by atoms with Crippen molar-refractivity contribution in [2.75, 3.05) is 5.75 Å². The van der Waals surface area contributed by atoms with E-state index in [2.05, 4.69) is 10.6 Å². The maximum Gasteiger partial charge on any atom is 0.321 e. The maximum absolute atomic E-state index is 11.8. The molecular weight excluding hydrogens is 288 g/mol. The first-order chi connectivity index (χ1) is 10.1. The minimum absolute atomic E-state index is 0.223. The smallest absolute Gasteiger partial charge is 0.321 e. The molecule has 6 heteroatoms. The fourth-order valence-electron chi connectivity index (χ4n) is 1.75. The molecule has 2 atom stereocenters. The average Bonchev–Trinajstić information content (AvgIpc) is 3.28. The lowest BCUT2D eigenvalue weighted by molar-refractivity contribution is -0.119. The van der Waals surface area contributed by atoms with Gasteiger partial charge in [-0.3, -0.25) is 10.1 Å². The number of rotatable bonds is 6. The van der Waals surface area contributed by atoms with Crippen LogP contribution in [0.3, 0.4) is 0 Å². The molecule has 5 nitrogen and oxygen atoms in total. The topological polar surface area (TPSA) is 78.4 Å². The Kier molecular flexibility index (Phi) is 5.64. The van der Waals surface area contributed by atoms with Gasteiger partial charge in [-0.1, -0.05) is 30.3 Å². The van der Waals surface area contributed by atoms with Crippen molar-refractivity contribution in [2.24, 2.45) is 0 Å². The zero-order chi connectivity index (χ0) is 15.2. The fraction of sp³-hybridized carbons (Fsp3) is 0.467. The molecule has 1 aliphatic carbocycles. The van der Waals surface area contributed by atoms with E-state index in [1.807, 2.05) is 30.3 Å². The molecule has 114 valence electrons. The van der Waals surface area contributed by atoms with Crippen LogP contribution >= 0.6 is 11.8 Å². The summed E-state index contributed by atoms with van der Waals surface area (Å²) in [6.45, 7) is 1.72. The molecule has 1 fully saturated rings. The highest BCUT2D eigenvalue weighted by molar-refractivity contribution is 8.00. The van der Waals surface area contributed by atoms with Gasteiger partial charge in [0.05, 0.1) is 11.4 Å². The van der Waals surface area contributed by atoms with Gasteiger partial charge in [0.25, 0.3) is 0 Å². The number of benzene rings is 1. The monoisotopic (exact) mass is 308 g/mol. The van der Waals surface area contributed by atoms with Gasteiger partial charge in [0.1, 0.15) is 0 Å². The minimum atomic E-state index is -0.619. The number of aliphatic hydroxyl groups is 1. The lowest BCUT2D eigenvalue weighted by Crippen LogP contribution is -2.43. The Hall–Kier alpha value is -1.53. The van der Waals surface area contributed by atoms with E-state index in [1.165, 1.54) is 11.8 Å². The molecular formula is C15H20N2O3S. The van der Waals surface area contributed by atoms with Crippen molar-refractivity contribution in [2.45, 2.75) is 37.2 Å². The number of carbonyl (C=O) groups excluding carboxylic acids is 2. The van der Waals surface area contributed by atoms with Gasteiger partial charge >= 0.3 is 6.03 Å². The standard InChI is InChI=1S/C15H20N2O3S/c1-10(14(19)17-15(20)16-12-7-8-12)21-9-13(18)11-5-3-2-4-6-11/h2-6,10,12-13,18H,7-9H2,1H3,(H2,16,17,19,20)/t10-,13-/m1/s1. The number of aliphatic hydroxyl groups excluding tert-OH is 1. The second kappa shape index (κ2) is 7.47. The first kappa shape index (κ1) is 15.9. The first-order valence-corrected chi connectivity index (χ1v) is 8.07. The number of carbonyl (C=O) groups is 2. The van der Waals surface area contributed by atoms with Crippen LogP contribution in [0.4, 0.5) is 4.79 Å². The first-order valence-electron chi connectivity index (χ1n) is 7.02. The van der Waals surface area contributed by atoms with Crippen molar-refractivity contribution in [3.63, 3.8) is 0 Å². The highest BCUT2D eigenvalue weighted by atomic mass is 32.2. The van der Waals surface area contributed by atoms with Crippen LogP contribution in [0, 0.1) is 0 Å². The normalized spacial score (nSPS) is 16.9. The molecule has 0 unspecified atom stereocenters. The van der Waals surface area contributed by atoms with Crippen LogP contribution in [0.5, 0.6) is 0 Å². The number of amides is 3. The van der Waals surface area contributed by atoms with Gasteiger partial charge in [-0.2, -0.15) is 0 Å². The van der Waals surface area contributed by atoms with E-state index < -0.39 is 17.4 Å². The van der Waals surface area contributed by atoms with Crippen molar-refractivity contribution in [3.05, 3.63) is 35.9 Å². The number of hydrogen-bond acceptors (Lipinski definition) is 4. The summed E-state index contributed by atoms with van der Waals surface area (Å²) in [6.07, 6.45) is 1.34. The summed E-state index contributed by atoms with van der Waals surface area (Å²) in [4.78, 5) is 23.3. The van der Waals surface area contributed by atoms with Crippen molar-refractivity contribution in [1.82, 2.24) is 10.6 Å². The molecule has 0 aliphatic heterocycles. The number of imide groups is 1. The van der Waals surface area contributed by atoms with E-state index in [0.717, 1.165) is 18.4 Å². The molecule has 0 saturated heterocycles. The van der Waals surface area contributed by atoms with E-state index >= 15 is 0 Å². The van der Waals surface area contributed by atoms with Gasteiger partial charge in [0.15, 0.2) is 0 Å². The van der Waals surface area contributed by atoms with E-state index in [-0.39, 0.29) is 11.9 Å². The predicted octanol–water partition coefficient (Wildman–Crippen LogP) is 1.83. The summed E-state index contributed by atoms with van der Waals surface area (Å²) in [6, 6.07) is 9.10. The van der Waals surface area contributed by atoms with Gasteiger partial charge < -0.3 is 10.4 Å².